The molecule has 1 rings (SSSR count). The van der Waals surface area contributed by atoms with E-state index in [1.54, 1.807) is 20.8 Å². The average molecular weight is 284 g/mol. The molecule has 0 atom stereocenters. The van der Waals surface area contributed by atoms with Gasteiger partial charge in [-0.1, -0.05) is 12.1 Å². The van der Waals surface area contributed by atoms with Gasteiger partial charge in [-0.15, -0.1) is 0 Å². The van der Waals surface area contributed by atoms with Gasteiger partial charge in [0.15, 0.2) is 0 Å². The summed E-state index contributed by atoms with van der Waals surface area (Å²) in [6.07, 6.45) is 0.642. The van der Waals surface area contributed by atoms with Crippen molar-refractivity contribution in [3.8, 4) is 0 Å². The van der Waals surface area contributed by atoms with E-state index in [9.17, 15) is 8.42 Å². The van der Waals surface area contributed by atoms with E-state index in [0.29, 0.717) is 25.2 Å². The van der Waals surface area contributed by atoms with Gasteiger partial charge in [-0.05, 0) is 58.4 Å². The Morgan fingerprint density at radius 3 is 2.37 bits per heavy atom. The lowest BCUT2D eigenvalue weighted by Crippen LogP contribution is -2.44. The molecule has 0 fully saturated rings. The summed E-state index contributed by atoms with van der Waals surface area (Å²) in [4.78, 5) is 0. The highest BCUT2D eigenvalue weighted by atomic mass is 32.2. The predicted molar refractivity (Wildman–Crippen MR) is 80.9 cm³/mol. The van der Waals surface area contributed by atoms with E-state index in [2.05, 4.69) is 0 Å². The molecule has 0 bridgehead atoms. The van der Waals surface area contributed by atoms with E-state index >= 15 is 0 Å². The normalized spacial score (nSPS) is 12.5. The van der Waals surface area contributed by atoms with Crippen LogP contribution in [0.15, 0.2) is 24.3 Å². The number of hydrogen-bond donors (Lipinski definition) is 1. The van der Waals surface area contributed by atoms with Crippen LogP contribution in [0.3, 0.4) is 0 Å². The third-order valence-electron chi connectivity index (χ3n) is 2.92. The van der Waals surface area contributed by atoms with Crippen molar-refractivity contribution in [3.05, 3.63) is 29.8 Å². The molecule has 0 radical (unpaired) electrons. The van der Waals surface area contributed by atoms with E-state index in [4.69, 9.17) is 5.73 Å². The highest BCUT2D eigenvalue weighted by Crippen LogP contribution is 2.27. The Morgan fingerprint density at radius 1 is 1.26 bits per heavy atom. The lowest BCUT2D eigenvalue weighted by Gasteiger charge is -2.31. The fourth-order valence-electron chi connectivity index (χ4n) is 1.74. The maximum absolute atomic E-state index is 12.7. The van der Waals surface area contributed by atoms with E-state index < -0.39 is 14.8 Å². The third-order valence-corrected chi connectivity index (χ3v) is 5.44. The van der Waals surface area contributed by atoms with Gasteiger partial charge in [0.2, 0.25) is 10.0 Å². The van der Waals surface area contributed by atoms with Crippen molar-refractivity contribution < 1.29 is 8.42 Å². The van der Waals surface area contributed by atoms with Gasteiger partial charge in [0.05, 0.1) is 10.4 Å². The van der Waals surface area contributed by atoms with Gasteiger partial charge in [0.1, 0.15) is 0 Å². The Hall–Kier alpha value is -1.07. The molecular formula is C14H24N2O2S. The van der Waals surface area contributed by atoms with Crippen LogP contribution in [0.4, 0.5) is 5.69 Å². The van der Waals surface area contributed by atoms with Crippen LogP contribution in [0.5, 0.6) is 0 Å². The molecule has 0 aromatic heterocycles. The zero-order valence-electron chi connectivity index (χ0n) is 12.2. The molecule has 0 aliphatic heterocycles. The molecule has 0 aliphatic carbocycles. The highest BCUT2D eigenvalue weighted by Gasteiger charge is 2.35. The van der Waals surface area contributed by atoms with Crippen LogP contribution < -0.4 is 10.0 Å². The standard InChI is InChI=1S/C14H24N2O2S/c1-12-7-5-8-13(11-12)16(10-6-9-15)19(17,18)14(2,3)4/h5,7-8,11H,6,9-10,15H2,1-4H3. The van der Waals surface area contributed by atoms with Crippen molar-refractivity contribution in [1.82, 2.24) is 0 Å². The number of sulfonamides is 1. The third kappa shape index (κ3) is 3.70. The van der Waals surface area contributed by atoms with Crippen LogP contribution in [0.25, 0.3) is 0 Å². The quantitative estimate of drug-likeness (QED) is 0.902. The van der Waals surface area contributed by atoms with Crippen LogP contribution in [0.2, 0.25) is 0 Å². The summed E-state index contributed by atoms with van der Waals surface area (Å²) in [5.41, 5.74) is 7.27. The first-order valence-corrected chi connectivity index (χ1v) is 7.93. The molecule has 1 aromatic rings. The Morgan fingerprint density at radius 2 is 1.89 bits per heavy atom. The smallest absolute Gasteiger partial charge is 0.240 e. The lowest BCUT2D eigenvalue weighted by molar-refractivity contribution is 0.553. The van der Waals surface area contributed by atoms with E-state index in [1.807, 2.05) is 31.2 Å². The van der Waals surface area contributed by atoms with Crippen LogP contribution in [0.1, 0.15) is 32.8 Å². The summed E-state index contributed by atoms with van der Waals surface area (Å²) in [5, 5.41) is 0. The van der Waals surface area contributed by atoms with Crippen molar-refractivity contribution in [3.63, 3.8) is 0 Å². The van der Waals surface area contributed by atoms with Gasteiger partial charge in [-0.25, -0.2) is 8.42 Å². The minimum absolute atomic E-state index is 0.416. The van der Waals surface area contributed by atoms with Crippen molar-refractivity contribution in [2.24, 2.45) is 5.73 Å². The SMILES string of the molecule is Cc1cccc(N(CCCN)S(=O)(=O)C(C)(C)C)c1. The van der Waals surface area contributed by atoms with E-state index in [-0.39, 0.29) is 0 Å². The number of benzene rings is 1. The minimum Gasteiger partial charge on any atom is -0.330 e. The monoisotopic (exact) mass is 284 g/mol. The van der Waals surface area contributed by atoms with Gasteiger partial charge < -0.3 is 5.73 Å². The first kappa shape index (κ1) is 16.0. The zero-order valence-corrected chi connectivity index (χ0v) is 13.0. The lowest BCUT2D eigenvalue weighted by atomic mass is 10.2. The molecule has 0 saturated carbocycles. The number of nitrogens with zero attached hydrogens (tertiary/aromatic N) is 1. The van der Waals surface area contributed by atoms with E-state index in [0.717, 1.165) is 5.56 Å². The summed E-state index contributed by atoms with van der Waals surface area (Å²) in [6, 6.07) is 7.54. The summed E-state index contributed by atoms with van der Waals surface area (Å²) in [5.74, 6) is 0. The number of aryl methyl sites for hydroxylation is 1. The largest absolute Gasteiger partial charge is 0.330 e. The fourth-order valence-corrected chi connectivity index (χ4v) is 3.16. The zero-order chi connectivity index (χ0) is 14.7. The van der Waals surface area contributed by atoms with Crippen LogP contribution >= 0.6 is 0 Å². The van der Waals surface area contributed by atoms with Gasteiger partial charge in [0, 0.05) is 6.54 Å². The maximum atomic E-state index is 12.7. The predicted octanol–water partition coefficient (Wildman–Crippen LogP) is 2.28. The number of rotatable bonds is 5. The van der Waals surface area contributed by atoms with Crippen LogP contribution in [-0.2, 0) is 10.0 Å². The second-order valence-electron chi connectivity index (χ2n) is 5.67. The van der Waals surface area contributed by atoms with Crippen LogP contribution in [-0.4, -0.2) is 26.3 Å². The first-order chi connectivity index (χ1) is 8.70. The summed E-state index contributed by atoms with van der Waals surface area (Å²) in [6.45, 7) is 7.99. The molecule has 108 valence electrons. The second-order valence-corrected chi connectivity index (χ2v) is 8.29. The minimum atomic E-state index is -3.40. The van der Waals surface area contributed by atoms with Crippen LogP contribution in [0, 0.1) is 6.92 Å². The molecule has 0 heterocycles. The molecular weight excluding hydrogens is 260 g/mol. The first-order valence-electron chi connectivity index (χ1n) is 6.49. The van der Waals surface area contributed by atoms with Gasteiger partial charge in [-0.3, -0.25) is 4.31 Å². The highest BCUT2D eigenvalue weighted by molar-refractivity contribution is 7.94. The molecule has 1 aromatic carbocycles. The molecule has 4 nitrogen and oxygen atoms in total. The fraction of sp³-hybridized carbons (Fsp3) is 0.571. The van der Waals surface area contributed by atoms with Crippen molar-refractivity contribution in [1.29, 1.82) is 0 Å². The van der Waals surface area contributed by atoms with E-state index in [1.165, 1.54) is 4.31 Å². The summed E-state index contributed by atoms with van der Waals surface area (Å²) < 4.78 is 26.0. The van der Waals surface area contributed by atoms with Crippen molar-refractivity contribution in [2.75, 3.05) is 17.4 Å². The molecule has 0 amide bonds. The topological polar surface area (TPSA) is 63.4 Å². The Labute approximate surface area is 116 Å². The molecule has 0 saturated heterocycles. The van der Waals surface area contributed by atoms with Crippen molar-refractivity contribution >= 4 is 15.7 Å². The molecule has 0 unspecified atom stereocenters. The number of anilines is 1. The Balaban J connectivity index is 3.23. The van der Waals surface area contributed by atoms with Crippen molar-refractivity contribution in [2.45, 2.75) is 38.9 Å². The molecule has 19 heavy (non-hydrogen) atoms. The maximum Gasteiger partial charge on any atom is 0.240 e. The summed E-state index contributed by atoms with van der Waals surface area (Å²) in [7, 11) is -3.40. The van der Waals surface area contributed by atoms with Gasteiger partial charge in [-0.2, -0.15) is 0 Å². The van der Waals surface area contributed by atoms with Gasteiger partial charge in [0.25, 0.3) is 0 Å². The number of nitrogens with two attached hydrogens (primary N) is 1. The summed E-state index contributed by atoms with van der Waals surface area (Å²) >= 11 is 0. The van der Waals surface area contributed by atoms with Gasteiger partial charge >= 0.3 is 0 Å². The average Bonchev–Trinajstić information content (AvgIpc) is 2.28. The Kier molecular flexibility index (Phi) is 4.98. The molecule has 2 N–H and O–H groups in total. The molecule has 0 aliphatic rings. The molecule has 5 heteroatoms. The Bertz CT molecular complexity index is 518. The number of hydrogen-bond acceptors (Lipinski definition) is 3. The second kappa shape index (κ2) is 5.92. The molecule has 0 spiro atoms.